The van der Waals surface area contributed by atoms with Gasteiger partial charge in [0, 0.05) is 30.6 Å². The number of halogens is 2. The minimum atomic E-state index is -0.635. The van der Waals surface area contributed by atoms with Gasteiger partial charge in [0.15, 0.2) is 5.82 Å². The van der Waals surface area contributed by atoms with Gasteiger partial charge in [-0.25, -0.2) is 9.37 Å². The third kappa shape index (κ3) is 5.98. The molecule has 0 aliphatic carbocycles. The fourth-order valence-corrected chi connectivity index (χ4v) is 2.99. The Bertz CT molecular complexity index is 1010. The number of ether oxygens (including phenoxy) is 2. The van der Waals surface area contributed by atoms with Crippen molar-refractivity contribution >= 4 is 17.6 Å². The molecule has 0 saturated carbocycles. The van der Waals surface area contributed by atoms with Crippen LogP contribution in [0.25, 0.3) is 11.1 Å². The van der Waals surface area contributed by atoms with Crippen molar-refractivity contribution in [2.45, 2.75) is 25.8 Å². The molecule has 3 aromatic rings. The van der Waals surface area contributed by atoms with Crippen LogP contribution in [-0.4, -0.2) is 28.6 Å². The molecular formula is C22H21ClFN3O3. The van der Waals surface area contributed by atoms with Crippen LogP contribution in [0.5, 0.6) is 11.6 Å². The highest BCUT2D eigenvalue weighted by Crippen LogP contribution is 2.27. The summed E-state index contributed by atoms with van der Waals surface area (Å²) >= 11 is 5.70. The van der Waals surface area contributed by atoms with E-state index in [0.717, 1.165) is 22.9 Å². The van der Waals surface area contributed by atoms with Crippen LogP contribution in [0, 0.1) is 5.82 Å². The molecule has 8 heteroatoms. The molecule has 0 spiro atoms. The summed E-state index contributed by atoms with van der Waals surface area (Å²) in [5, 5.41) is 0.200. The molecule has 1 aromatic carbocycles. The minimum absolute atomic E-state index is 0.140. The fraction of sp³-hybridized carbons (Fsp3) is 0.227. The molecule has 0 saturated heterocycles. The number of hydrogen-bond acceptors (Lipinski definition) is 6. The zero-order valence-corrected chi connectivity index (χ0v) is 17.1. The first-order valence-electron chi connectivity index (χ1n) is 9.40. The smallest absolute Gasteiger partial charge is 0.307 e. The van der Waals surface area contributed by atoms with Gasteiger partial charge in [-0.3, -0.25) is 9.78 Å². The van der Waals surface area contributed by atoms with E-state index in [1.807, 2.05) is 24.3 Å². The van der Waals surface area contributed by atoms with Gasteiger partial charge in [-0.15, -0.1) is 0 Å². The summed E-state index contributed by atoms with van der Waals surface area (Å²) in [5.41, 5.74) is 8.67. The van der Waals surface area contributed by atoms with E-state index in [1.54, 1.807) is 25.3 Å². The number of nitrogens with two attached hydrogens (primary N) is 1. The first kappa shape index (κ1) is 21.7. The Labute approximate surface area is 178 Å². The number of pyridine rings is 2. The summed E-state index contributed by atoms with van der Waals surface area (Å²) < 4.78 is 24.2. The number of benzene rings is 1. The average molecular weight is 430 g/mol. The second-order valence-electron chi connectivity index (χ2n) is 6.58. The summed E-state index contributed by atoms with van der Waals surface area (Å²) in [6.07, 6.45) is 3.61. The first-order chi connectivity index (χ1) is 14.4. The highest BCUT2D eigenvalue weighted by Gasteiger charge is 2.13. The second-order valence-corrected chi connectivity index (χ2v) is 7.01. The Morgan fingerprint density at radius 2 is 1.93 bits per heavy atom. The first-order valence-corrected chi connectivity index (χ1v) is 9.78. The molecule has 30 heavy (non-hydrogen) atoms. The fourth-order valence-electron chi connectivity index (χ4n) is 2.85. The standard InChI is InChI=1S/C22H21ClFN3O3/c1-2-29-21(28)12-17(25)11-18-9-15(7-8-26-18)14-3-5-19(6-4-14)30-22-20(24)10-16(23)13-27-22/h3-10,13,17H,2,11-12,25H2,1H3. The lowest BCUT2D eigenvalue weighted by atomic mass is 10.0. The highest BCUT2D eigenvalue weighted by atomic mass is 35.5. The van der Waals surface area contributed by atoms with E-state index in [-0.39, 0.29) is 29.3 Å². The van der Waals surface area contributed by atoms with E-state index in [1.165, 1.54) is 6.20 Å². The summed E-state index contributed by atoms with van der Waals surface area (Å²) in [7, 11) is 0. The number of carbonyl (C=O) groups is 1. The van der Waals surface area contributed by atoms with Crippen LogP contribution >= 0.6 is 11.6 Å². The summed E-state index contributed by atoms with van der Waals surface area (Å²) in [6.45, 7) is 2.09. The van der Waals surface area contributed by atoms with E-state index in [0.29, 0.717) is 18.8 Å². The molecular weight excluding hydrogens is 409 g/mol. The normalized spacial score (nSPS) is 11.7. The Balaban J connectivity index is 1.67. The van der Waals surface area contributed by atoms with Gasteiger partial charge in [0.05, 0.1) is 18.1 Å². The Hall–Kier alpha value is -3.03. The van der Waals surface area contributed by atoms with E-state index in [9.17, 15) is 9.18 Å². The van der Waals surface area contributed by atoms with Crippen molar-refractivity contribution in [3.05, 3.63) is 71.4 Å². The lowest BCUT2D eigenvalue weighted by Gasteiger charge is -2.11. The second kappa shape index (κ2) is 10.1. The predicted octanol–water partition coefficient (Wildman–Crippen LogP) is 4.55. The van der Waals surface area contributed by atoms with Crippen LogP contribution in [-0.2, 0) is 16.0 Å². The van der Waals surface area contributed by atoms with Crippen molar-refractivity contribution in [1.29, 1.82) is 0 Å². The predicted molar refractivity (Wildman–Crippen MR) is 112 cm³/mol. The minimum Gasteiger partial charge on any atom is -0.466 e. The average Bonchev–Trinajstić information content (AvgIpc) is 2.71. The van der Waals surface area contributed by atoms with Gasteiger partial charge >= 0.3 is 5.97 Å². The van der Waals surface area contributed by atoms with Crippen molar-refractivity contribution in [3.63, 3.8) is 0 Å². The molecule has 3 rings (SSSR count). The maximum atomic E-state index is 13.8. The van der Waals surface area contributed by atoms with Gasteiger partial charge in [0.25, 0.3) is 5.88 Å². The molecule has 1 atom stereocenters. The Morgan fingerprint density at radius 1 is 1.17 bits per heavy atom. The summed E-state index contributed by atoms with van der Waals surface area (Å²) in [5.74, 6) is -0.653. The summed E-state index contributed by atoms with van der Waals surface area (Å²) in [6, 6.07) is 11.7. The number of carbonyl (C=O) groups excluding carboxylic acids is 1. The lowest BCUT2D eigenvalue weighted by molar-refractivity contribution is -0.143. The number of rotatable bonds is 8. The van der Waals surface area contributed by atoms with E-state index in [4.69, 9.17) is 26.8 Å². The topological polar surface area (TPSA) is 87.3 Å². The molecule has 0 amide bonds. The Morgan fingerprint density at radius 3 is 2.63 bits per heavy atom. The molecule has 2 aromatic heterocycles. The molecule has 0 aliphatic heterocycles. The van der Waals surface area contributed by atoms with Crippen LogP contribution in [0.4, 0.5) is 4.39 Å². The van der Waals surface area contributed by atoms with Crippen molar-refractivity contribution in [3.8, 4) is 22.8 Å². The molecule has 156 valence electrons. The molecule has 0 fully saturated rings. The molecule has 6 nitrogen and oxygen atoms in total. The number of esters is 1. The van der Waals surface area contributed by atoms with Gasteiger partial charge in [-0.05, 0) is 48.4 Å². The van der Waals surface area contributed by atoms with Gasteiger partial charge in [-0.2, -0.15) is 0 Å². The van der Waals surface area contributed by atoms with Gasteiger partial charge < -0.3 is 15.2 Å². The number of hydrogen-bond donors (Lipinski definition) is 1. The highest BCUT2D eigenvalue weighted by molar-refractivity contribution is 6.30. The number of aromatic nitrogens is 2. The van der Waals surface area contributed by atoms with Gasteiger partial charge in [-0.1, -0.05) is 23.7 Å². The van der Waals surface area contributed by atoms with Crippen LogP contribution < -0.4 is 10.5 Å². The largest absolute Gasteiger partial charge is 0.466 e. The van der Waals surface area contributed by atoms with E-state index >= 15 is 0 Å². The quantitative estimate of drug-likeness (QED) is 0.528. The molecule has 0 bridgehead atoms. The maximum Gasteiger partial charge on any atom is 0.307 e. The van der Waals surface area contributed by atoms with E-state index < -0.39 is 5.82 Å². The maximum absolute atomic E-state index is 13.8. The van der Waals surface area contributed by atoms with Crippen molar-refractivity contribution in [2.24, 2.45) is 5.73 Å². The molecule has 2 heterocycles. The van der Waals surface area contributed by atoms with Gasteiger partial charge in [0.2, 0.25) is 0 Å². The third-order valence-corrected chi connectivity index (χ3v) is 4.41. The Kier molecular flexibility index (Phi) is 7.32. The molecule has 0 aliphatic rings. The molecule has 1 unspecified atom stereocenters. The zero-order valence-electron chi connectivity index (χ0n) is 16.3. The zero-order chi connectivity index (χ0) is 21.5. The van der Waals surface area contributed by atoms with Crippen LogP contribution in [0.2, 0.25) is 5.02 Å². The van der Waals surface area contributed by atoms with Crippen LogP contribution in [0.3, 0.4) is 0 Å². The SMILES string of the molecule is CCOC(=O)CC(N)Cc1cc(-c2ccc(Oc3ncc(Cl)cc3F)cc2)ccn1. The van der Waals surface area contributed by atoms with Crippen molar-refractivity contribution in [1.82, 2.24) is 9.97 Å². The summed E-state index contributed by atoms with van der Waals surface area (Å²) in [4.78, 5) is 19.7. The van der Waals surface area contributed by atoms with Crippen LogP contribution in [0.15, 0.2) is 54.9 Å². The van der Waals surface area contributed by atoms with Crippen LogP contribution in [0.1, 0.15) is 19.0 Å². The van der Waals surface area contributed by atoms with Crippen molar-refractivity contribution in [2.75, 3.05) is 6.61 Å². The van der Waals surface area contributed by atoms with Crippen molar-refractivity contribution < 1.29 is 18.7 Å². The monoisotopic (exact) mass is 429 g/mol. The number of nitrogens with zero attached hydrogens (tertiary/aromatic N) is 2. The third-order valence-electron chi connectivity index (χ3n) is 4.20. The molecule has 0 radical (unpaired) electrons. The van der Waals surface area contributed by atoms with Gasteiger partial charge in [0.1, 0.15) is 5.75 Å². The van der Waals surface area contributed by atoms with E-state index in [2.05, 4.69) is 9.97 Å². The molecule has 2 N–H and O–H groups in total. The lowest BCUT2D eigenvalue weighted by Crippen LogP contribution is -2.27.